The van der Waals surface area contributed by atoms with Crippen LogP contribution in [0, 0.1) is 6.92 Å². The summed E-state index contributed by atoms with van der Waals surface area (Å²) in [7, 11) is -3.50. The SMILES string of the molecule is Cc1cc(N)cc(S(=O)(=O)N2CCCN(CCO)CC2)c1. The smallest absolute Gasteiger partial charge is 0.243 e. The lowest BCUT2D eigenvalue weighted by Crippen LogP contribution is -2.36. The van der Waals surface area contributed by atoms with Crippen molar-refractivity contribution in [2.24, 2.45) is 0 Å². The van der Waals surface area contributed by atoms with E-state index in [0.717, 1.165) is 18.5 Å². The van der Waals surface area contributed by atoms with Gasteiger partial charge in [-0.05, 0) is 43.7 Å². The van der Waals surface area contributed by atoms with Crippen molar-refractivity contribution in [2.45, 2.75) is 18.2 Å². The van der Waals surface area contributed by atoms with Crippen molar-refractivity contribution < 1.29 is 13.5 Å². The third-order valence-corrected chi connectivity index (χ3v) is 5.55. The second-order valence-corrected chi connectivity index (χ2v) is 7.34. The number of aryl methyl sites for hydroxylation is 1. The van der Waals surface area contributed by atoms with E-state index in [4.69, 9.17) is 10.8 Å². The number of benzene rings is 1. The highest BCUT2D eigenvalue weighted by molar-refractivity contribution is 7.89. The van der Waals surface area contributed by atoms with Crippen LogP contribution < -0.4 is 5.73 Å². The van der Waals surface area contributed by atoms with Crippen molar-refractivity contribution in [3.63, 3.8) is 0 Å². The number of nitrogens with zero attached hydrogens (tertiary/aromatic N) is 2. The highest BCUT2D eigenvalue weighted by Crippen LogP contribution is 2.21. The predicted octanol–water partition coefficient (Wildman–Crippen LogP) is 0.266. The molecule has 6 nitrogen and oxygen atoms in total. The molecule has 0 amide bonds. The number of aliphatic hydroxyl groups is 1. The Kier molecular flexibility index (Phi) is 5.21. The summed E-state index contributed by atoms with van der Waals surface area (Å²) in [4.78, 5) is 2.34. The Hall–Kier alpha value is -1.15. The lowest BCUT2D eigenvalue weighted by Gasteiger charge is -2.21. The van der Waals surface area contributed by atoms with Crippen LogP contribution >= 0.6 is 0 Å². The first kappa shape index (κ1) is 16.2. The molecule has 21 heavy (non-hydrogen) atoms. The van der Waals surface area contributed by atoms with Crippen molar-refractivity contribution in [1.82, 2.24) is 9.21 Å². The van der Waals surface area contributed by atoms with E-state index in [1.807, 2.05) is 6.92 Å². The maximum absolute atomic E-state index is 12.7. The van der Waals surface area contributed by atoms with E-state index in [9.17, 15) is 8.42 Å². The molecule has 0 saturated carbocycles. The van der Waals surface area contributed by atoms with Gasteiger partial charge in [0.1, 0.15) is 0 Å². The third kappa shape index (κ3) is 3.94. The molecule has 3 N–H and O–H groups in total. The summed E-state index contributed by atoms with van der Waals surface area (Å²) < 4.78 is 26.9. The summed E-state index contributed by atoms with van der Waals surface area (Å²) in [5, 5.41) is 8.99. The molecule has 1 saturated heterocycles. The van der Waals surface area contributed by atoms with Gasteiger partial charge in [-0.15, -0.1) is 0 Å². The molecule has 1 aliphatic rings. The van der Waals surface area contributed by atoms with Gasteiger partial charge in [0.15, 0.2) is 0 Å². The highest BCUT2D eigenvalue weighted by atomic mass is 32.2. The van der Waals surface area contributed by atoms with Gasteiger partial charge in [-0.25, -0.2) is 8.42 Å². The molecule has 0 aliphatic carbocycles. The Balaban J connectivity index is 2.19. The summed E-state index contributed by atoms with van der Waals surface area (Å²) in [6, 6.07) is 4.92. The summed E-state index contributed by atoms with van der Waals surface area (Å²) in [6.07, 6.45) is 0.764. The van der Waals surface area contributed by atoms with Crippen molar-refractivity contribution >= 4 is 15.7 Å². The monoisotopic (exact) mass is 313 g/mol. The third-order valence-electron chi connectivity index (χ3n) is 3.67. The number of anilines is 1. The maximum Gasteiger partial charge on any atom is 0.243 e. The summed E-state index contributed by atoms with van der Waals surface area (Å²) >= 11 is 0. The zero-order valence-corrected chi connectivity index (χ0v) is 13.1. The van der Waals surface area contributed by atoms with E-state index in [2.05, 4.69) is 4.90 Å². The highest BCUT2D eigenvalue weighted by Gasteiger charge is 2.27. The molecule has 1 aromatic carbocycles. The number of hydrogen-bond donors (Lipinski definition) is 2. The Labute approximate surface area is 126 Å². The number of rotatable bonds is 4. The number of sulfonamides is 1. The van der Waals surface area contributed by atoms with E-state index in [-0.39, 0.29) is 11.5 Å². The average molecular weight is 313 g/mol. The number of aliphatic hydroxyl groups excluding tert-OH is 1. The molecule has 0 atom stereocenters. The minimum Gasteiger partial charge on any atom is -0.399 e. The average Bonchev–Trinajstić information content (AvgIpc) is 2.64. The molecule has 0 radical (unpaired) electrons. The zero-order valence-electron chi connectivity index (χ0n) is 12.3. The summed E-state index contributed by atoms with van der Waals surface area (Å²) in [5.41, 5.74) is 7.06. The van der Waals surface area contributed by atoms with Crippen LogP contribution in [-0.2, 0) is 10.0 Å². The molecular weight excluding hydrogens is 290 g/mol. The van der Waals surface area contributed by atoms with Gasteiger partial charge in [-0.3, -0.25) is 4.90 Å². The summed E-state index contributed by atoms with van der Waals surface area (Å²) in [6.45, 7) is 4.91. The van der Waals surface area contributed by atoms with Crippen LogP contribution in [0.2, 0.25) is 0 Å². The molecule has 118 valence electrons. The maximum atomic E-state index is 12.7. The van der Waals surface area contributed by atoms with Crippen LogP contribution in [-0.4, -0.2) is 62.1 Å². The molecule has 1 aromatic rings. The van der Waals surface area contributed by atoms with Gasteiger partial charge in [0.2, 0.25) is 10.0 Å². The first-order valence-electron chi connectivity index (χ1n) is 7.14. The lowest BCUT2D eigenvalue weighted by molar-refractivity contribution is 0.202. The van der Waals surface area contributed by atoms with Gasteiger partial charge in [0.05, 0.1) is 11.5 Å². The largest absolute Gasteiger partial charge is 0.399 e. The molecule has 1 fully saturated rings. The quantitative estimate of drug-likeness (QED) is 0.779. The molecule has 0 spiro atoms. The number of nitrogen functional groups attached to an aromatic ring is 1. The van der Waals surface area contributed by atoms with Crippen LogP contribution in [0.15, 0.2) is 23.1 Å². The fourth-order valence-electron chi connectivity index (χ4n) is 2.63. The summed E-state index contributed by atoms with van der Waals surface area (Å²) in [5.74, 6) is 0. The molecule has 2 rings (SSSR count). The van der Waals surface area contributed by atoms with Crippen LogP contribution in [0.25, 0.3) is 0 Å². The van der Waals surface area contributed by atoms with E-state index in [0.29, 0.717) is 31.9 Å². The van der Waals surface area contributed by atoms with E-state index in [1.54, 1.807) is 12.1 Å². The predicted molar refractivity (Wildman–Crippen MR) is 82.5 cm³/mol. The van der Waals surface area contributed by atoms with Gasteiger partial charge >= 0.3 is 0 Å². The van der Waals surface area contributed by atoms with Gasteiger partial charge in [-0.1, -0.05) is 0 Å². The van der Waals surface area contributed by atoms with E-state index >= 15 is 0 Å². The van der Waals surface area contributed by atoms with Crippen molar-refractivity contribution in [3.05, 3.63) is 23.8 Å². The van der Waals surface area contributed by atoms with Crippen LogP contribution in [0.4, 0.5) is 5.69 Å². The molecule has 1 aliphatic heterocycles. The molecular formula is C14H23N3O3S. The van der Waals surface area contributed by atoms with E-state index in [1.165, 1.54) is 10.4 Å². The van der Waals surface area contributed by atoms with Gasteiger partial charge < -0.3 is 10.8 Å². The fourth-order valence-corrected chi connectivity index (χ4v) is 4.24. The van der Waals surface area contributed by atoms with Gasteiger partial charge in [0.25, 0.3) is 0 Å². The Bertz CT molecular complexity index is 569. The second kappa shape index (κ2) is 6.74. The number of nitrogens with two attached hydrogens (primary N) is 1. The van der Waals surface area contributed by atoms with Gasteiger partial charge in [-0.2, -0.15) is 4.31 Å². The van der Waals surface area contributed by atoms with Crippen molar-refractivity contribution in [1.29, 1.82) is 0 Å². The topological polar surface area (TPSA) is 86.9 Å². The second-order valence-electron chi connectivity index (χ2n) is 5.40. The molecule has 0 bridgehead atoms. The first-order valence-corrected chi connectivity index (χ1v) is 8.58. The normalized spacial score (nSPS) is 18.6. The Morgan fingerprint density at radius 2 is 1.95 bits per heavy atom. The minimum atomic E-state index is -3.50. The fraction of sp³-hybridized carbons (Fsp3) is 0.571. The molecule has 7 heteroatoms. The van der Waals surface area contributed by atoms with Gasteiger partial charge in [0, 0.05) is 31.9 Å². The van der Waals surface area contributed by atoms with E-state index < -0.39 is 10.0 Å². The van der Waals surface area contributed by atoms with Crippen molar-refractivity contribution in [2.75, 3.05) is 45.1 Å². The first-order chi connectivity index (χ1) is 9.93. The number of β-amino-alcohol motifs (C(OH)–C–C–N with tert-alkyl or cyclic N) is 1. The molecule has 0 unspecified atom stereocenters. The number of hydrogen-bond acceptors (Lipinski definition) is 5. The van der Waals surface area contributed by atoms with Crippen molar-refractivity contribution in [3.8, 4) is 0 Å². The molecule has 1 heterocycles. The standard InChI is InChI=1S/C14H23N3O3S/c1-12-9-13(15)11-14(10-12)21(19,20)17-4-2-3-16(5-6-17)7-8-18/h9-11,18H,2-8,15H2,1H3. The lowest BCUT2D eigenvalue weighted by atomic mass is 10.2. The van der Waals surface area contributed by atoms with Crippen LogP contribution in [0.1, 0.15) is 12.0 Å². The minimum absolute atomic E-state index is 0.0984. The van der Waals surface area contributed by atoms with Crippen LogP contribution in [0.3, 0.4) is 0 Å². The zero-order chi connectivity index (χ0) is 15.5. The Morgan fingerprint density at radius 1 is 1.19 bits per heavy atom. The molecule has 0 aromatic heterocycles. The Morgan fingerprint density at radius 3 is 2.62 bits per heavy atom. The van der Waals surface area contributed by atoms with Crippen LogP contribution in [0.5, 0.6) is 0 Å².